The van der Waals surface area contributed by atoms with Crippen molar-refractivity contribution < 1.29 is 4.42 Å². The molecular weight excluding hydrogens is 196 g/mol. The third kappa shape index (κ3) is 2.80. The van der Waals surface area contributed by atoms with Gasteiger partial charge in [0.25, 0.3) is 0 Å². The molecule has 0 unspecified atom stereocenters. The van der Waals surface area contributed by atoms with Gasteiger partial charge in [0.05, 0.1) is 13.8 Å². The summed E-state index contributed by atoms with van der Waals surface area (Å²) in [5.41, 5.74) is 2.38. The third-order valence-corrected chi connectivity index (χ3v) is 2.33. The molecule has 0 aliphatic heterocycles. The largest absolute Gasteiger partial charge is 0.327 e. The zero-order valence-electron chi connectivity index (χ0n) is 9.60. The second kappa shape index (κ2) is 4.75. The second-order valence-electron chi connectivity index (χ2n) is 3.86. The van der Waals surface area contributed by atoms with E-state index in [-0.39, 0.29) is 0 Å². The molecule has 0 bridgehead atoms. The summed E-state index contributed by atoms with van der Waals surface area (Å²) in [4.78, 5) is 0. The lowest BCUT2D eigenvalue weighted by Gasteiger charge is -1.92. The lowest BCUT2D eigenvalue weighted by Crippen LogP contribution is -1.79. The number of rotatable bonds is 2. The molecule has 80 valence electrons. The van der Waals surface area contributed by atoms with Crippen LogP contribution in [0.5, 0.6) is 0 Å². The van der Waals surface area contributed by atoms with Gasteiger partial charge in [0, 0.05) is 12.1 Å². The Morgan fingerprint density at radius 2 is 1.38 bits per heavy atom. The fourth-order valence-corrected chi connectivity index (χ4v) is 1.68. The normalized spacial score (nSPS) is 10.9. The Labute approximate surface area is 96.1 Å². The molecule has 0 saturated carbocycles. The van der Waals surface area contributed by atoms with Crippen LogP contribution in [0.3, 0.4) is 0 Å². The SMILES string of the molecule is Cc1cc(C=Cc2ccccc2)cc(C)[o+]1. The quantitative estimate of drug-likeness (QED) is 0.672. The summed E-state index contributed by atoms with van der Waals surface area (Å²) in [5, 5.41) is 0. The molecule has 0 aliphatic carbocycles. The molecule has 16 heavy (non-hydrogen) atoms. The predicted octanol–water partition coefficient (Wildman–Crippen LogP) is 4.35. The van der Waals surface area contributed by atoms with Crippen LogP contribution in [-0.4, -0.2) is 0 Å². The Kier molecular flexibility index (Phi) is 3.16. The molecule has 1 heterocycles. The van der Waals surface area contributed by atoms with Gasteiger partial charge in [-0.2, -0.15) is 0 Å². The summed E-state index contributed by atoms with van der Waals surface area (Å²) < 4.78 is 5.44. The third-order valence-electron chi connectivity index (χ3n) is 2.33. The standard InChI is InChI=1S/C15H15O/c1-12-10-15(11-13(2)16-12)9-8-14-6-4-3-5-7-14/h3-11H,1-2H3/q+1. The van der Waals surface area contributed by atoms with Crippen LogP contribution in [0.15, 0.2) is 46.9 Å². The van der Waals surface area contributed by atoms with Gasteiger partial charge in [-0.25, -0.2) is 4.42 Å². The van der Waals surface area contributed by atoms with Crippen LogP contribution in [0.1, 0.15) is 22.6 Å². The van der Waals surface area contributed by atoms with E-state index in [2.05, 4.69) is 24.3 Å². The lowest BCUT2D eigenvalue weighted by atomic mass is 10.1. The molecule has 1 nitrogen and oxygen atoms in total. The number of aryl methyl sites for hydroxylation is 2. The van der Waals surface area contributed by atoms with Gasteiger partial charge in [-0.15, -0.1) is 0 Å². The molecule has 1 heteroatoms. The first-order chi connectivity index (χ1) is 7.74. The predicted molar refractivity (Wildman–Crippen MR) is 68.0 cm³/mol. The zero-order valence-corrected chi connectivity index (χ0v) is 9.60. The van der Waals surface area contributed by atoms with Gasteiger partial charge < -0.3 is 0 Å². The van der Waals surface area contributed by atoms with Crippen molar-refractivity contribution in [2.24, 2.45) is 0 Å². The number of hydrogen-bond donors (Lipinski definition) is 0. The van der Waals surface area contributed by atoms with Gasteiger partial charge in [-0.3, -0.25) is 0 Å². The van der Waals surface area contributed by atoms with Crippen molar-refractivity contribution in [2.75, 3.05) is 0 Å². The van der Waals surface area contributed by atoms with Crippen LogP contribution in [-0.2, 0) is 0 Å². The molecule has 0 saturated heterocycles. The topological polar surface area (TPSA) is 11.3 Å². The Morgan fingerprint density at radius 3 is 2.00 bits per heavy atom. The highest BCUT2D eigenvalue weighted by Crippen LogP contribution is 2.12. The second-order valence-corrected chi connectivity index (χ2v) is 3.86. The molecule has 0 aliphatic rings. The summed E-state index contributed by atoms with van der Waals surface area (Å²) >= 11 is 0. The highest BCUT2D eigenvalue weighted by molar-refractivity contribution is 5.69. The molecule has 2 rings (SSSR count). The highest BCUT2D eigenvalue weighted by Gasteiger charge is 2.05. The maximum Gasteiger partial charge on any atom is 0.327 e. The van der Waals surface area contributed by atoms with E-state index in [4.69, 9.17) is 4.42 Å². The van der Waals surface area contributed by atoms with Crippen molar-refractivity contribution >= 4 is 12.2 Å². The first-order valence-corrected chi connectivity index (χ1v) is 5.38. The highest BCUT2D eigenvalue weighted by atomic mass is 16.3. The molecule has 1 aromatic carbocycles. The lowest BCUT2D eigenvalue weighted by molar-refractivity contribution is 0.485. The van der Waals surface area contributed by atoms with E-state index in [0.717, 1.165) is 11.5 Å². The summed E-state index contributed by atoms with van der Waals surface area (Å²) in [7, 11) is 0. The Bertz CT molecular complexity index is 478. The summed E-state index contributed by atoms with van der Waals surface area (Å²) in [5.74, 6) is 1.88. The van der Waals surface area contributed by atoms with Crippen LogP contribution in [0.25, 0.3) is 12.2 Å². The van der Waals surface area contributed by atoms with E-state index in [1.807, 2.05) is 44.2 Å². The molecule has 0 fully saturated rings. The smallest absolute Gasteiger partial charge is 0.218 e. The van der Waals surface area contributed by atoms with Crippen LogP contribution in [0, 0.1) is 13.8 Å². The van der Waals surface area contributed by atoms with Gasteiger partial charge in [0.15, 0.2) is 0 Å². The van der Waals surface area contributed by atoms with E-state index in [1.54, 1.807) is 0 Å². The maximum absolute atomic E-state index is 5.44. The average Bonchev–Trinajstić information content (AvgIpc) is 2.27. The van der Waals surface area contributed by atoms with E-state index >= 15 is 0 Å². The van der Waals surface area contributed by atoms with Gasteiger partial charge in [-0.1, -0.05) is 42.5 Å². The van der Waals surface area contributed by atoms with Gasteiger partial charge in [0.2, 0.25) is 0 Å². The molecule has 0 amide bonds. The van der Waals surface area contributed by atoms with Gasteiger partial charge in [-0.05, 0) is 11.1 Å². The van der Waals surface area contributed by atoms with Crippen molar-refractivity contribution in [1.82, 2.24) is 0 Å². The first-order valence-electron chi connectivity index (χ1n) is 5.38. The van der Waals surface area contributed by atoms with Crippen molar-refractivity contribution in [2.45, 2.75) is 13.8 Å². The van der Waals surface area contributed by atoms with E-state index in [9.17, 15) is 0 Å². The molecule has 1 aromatic heterocycles. The van der Waals surface area contributed by atoms with Gasteiger partial charge in [0.1, 0.15) is 0 Å². The van der Waals surface area contributed by atoms with Crippen LogP contribution in [0.4, 0.5) is 0 Å². The van der Waals surface area contributed by atoms with Crippen molar-refractivity contribution in [3.63, 3.8) is 0 Å². The van der Waals surface area contributed by atoms with Crippen molar-refractivity contribution in [3.8, 4) is 0 Å². The summed E-state index contributed by atoms with van der Waals surface area (Å²) in [6, 6.07) is 14.3. The average molecular weight is 211 g/mol. The maximum atomic E-state index is 5.44. The van der Waals surface area contributed by atoms with Gasteiger partial charge >= 0.3 is 11.5 Å². The fourth-order valence-electron chi connectivity index (χ4n) is 1.68. The molecule has 2 aromatic rings. The Hall–Kier alpha value is -1.89. The molecule has 0 N–H and O–H groups in total. The minimum Gasteiger partial charge on any atom is -0.218 e. The Morgan fingerprint density at radius 1 is 0.812 bits per heavy atom. The molecule has 0 spiro atoms. The van der Waals surface area contributed by atoms with Crippen molar-refractivity contribution in [1.29, 1.82) is 0 Å². The monoisotopic (exact) mass is 211 g/mol. The fraction of sp³-hybridized carbons (Fsp3) is 0.133. The summed E-state index contributed by atoms with van der Waals surface area (Å²) in [6.07, 6.45) is 4.21. The van der Waals surface area contributed by atoms with E-state index in [0.29, 0.717) is 0 Å². The van der Waals surface area contributed by atoms with Crippen LogP contribution >= 0.6 is 0 Å². The van der Waals surface area contributed by atoms with Crippen LogP contribution < -0.4 is 0 Å². The Balaban J connectivity index is 2.24. The summed E-state index contributed by atoms with van der Waals surface area (Å²) in [6.45, 7) is 3.93. The van der Waals surface area contributed by atoms with E-state index in [1.165, 1.54) is 11.1 Å². The number of hydrogen-bond acceptors (Lipinski definition) is 0. The van der Waals surface area contributed by atoms with Crippen LogP contribution in [0.2, 0.25) is 0 Å². The van der Waals surface area contributed by atoms with E-state index < -0.39 is 0 Å². The zero-order chi connectivity index (χ0) is 11.4. The molecule has 0 radical (unpaired) electrons. The minimum atomic E-state index is 0.938. The molecule has 0 atom stereocenters. The number of benzene rings is 1. The molecular formula is C15H15O+. The van der Waals surface area contributed by atoms with Crippen molar-refractivity contribution in [3.05, 3.63) is 65.1 Å². The first kappa shape index (κ1) is 10.6. The minimum absolute atomic E-state index is 0.938.